The van der Waals surface area contributed by atoms with Crippen molar-refractivity contribution in [2.75, 3.05) is 18.0 Å². The number of anilines is 1. The van der Waals surface area contributed by atoms with E-state index in [4.69, 9.17) is 16.6 Å². The maximum atomic E-state index is 11.6. The van der Waals surface area contributed by atoms with Gasteiger partial charge in [0, 0.05) is 35.4 Å². The molecule has 1 aliphatic heterocycles. The highest BCUT2D eigenvalue weighted by molar-refractivity contribution is 9.10. The molecule has 2 aromatic rings. The van der Waals surface area contributed by atoms with Gasteiger partial charge in [-0.25, -0.2) is 4.98 Å². The summed E-state index contributed by atoms with van der Waals surface area (Å²) in [4.78, 5) is 18.6. The largest absolute Gasteiger partial charge is 0.355 e. The number of carbonyl (C=O) groups excluding carboxylic acids is 1. The van der Waals surface area contributed by atoms with Crippen LogP contribution in [0.1, 0.15) is 26.2 Å². The number of aromatic nitrogens is 1. The van der Waals surface area contributed by atoms with Crippen LogP contribution < -0.4 is 10.2 Å². The minimum absolute atomic E-state index is 0.108. The fourth-order valence-corrected chi connectivity index (χ4v) is 3.83. The summed E-state index contributed by atoms with van der Waals surface area (Å²) in [5, 5.41) is 4.74. The van der Waals surface area contributed by atoms with Crippen molar-refractivity contribution in [1.82, 2.24) is 10.3 Å². The van der Waals surface area contributed by atoms with Crippen molar-refractivity contribution in [3.8, 4) is 0 Å². The molecule has 3 rings (SSSR count). The van der Waals surface area contributed by atoms with Gasteiger partial charge in [-0.1, -0.05) is 34.5 Å². The molecule has 1 N–H and O–H groups in total. The monoisotopic (exact) mass is 395 g/mol. The third-order valence-electron chi connectivity index (χ3n) is 4.13. The molecule has 1 unspecified atom stereocenters. The Hall–Kier alpha value is -1.33. The first-order chi connectivity index (χ1) is 11.1. The van der Waals surface area contributed by atoms with E-state index < -0.39 is 0 Å². The molecule has 1 fully saturated rings. The van der Waals surface area contributed by atoms with E-state index in [1.807, 2.05) is 31.2 Å². The Bertz CT molecular complexity index is 737. The van der Waals surface area contributed by atoms with Crippen molar-refractivity contribution in [1.29, 1.82) is 0 Å². The Morgan fingerprint density at radius 1 is 1.48 bits per heavy atom. The van der Waals surface area contributed by atoms with Crippen LogP contribution in [0, 0.1) is 0 Å². The van der Waals surface area contributed by atoms with Gasteiger partial charge in [0.25, 0.3) is 0 Å². The summed E-state index contributed by atoms with van der Waals surface area (Å²) >= 11 is 9.77. The first-order valence-electron chi connectivity index (χ1n) is 7.87. The zero-order chi connectivity index (χ0) is 16.4. The van der Waals surface area contributed by atoms with Crippen molar-refractivity contribution in [2.24, 2.45) is 0 Å². The van der Waals surface area contributed by atoms with E-state index in [9.17, 15) is 4.79 Å². The number of halogens is 2. The molecule has 6 heteroatoms. The van der Waals surface area contributed by atoms with Gasteiger partial charge < -0.3 is 10.2 Å². The van der Waals surface area contributed by atoms with E-state index >= 15 is 0 Å². The van der Waals surface area contributed by atoms with Crippen LogP contribution in [0.15, 0.2) is 28.7 Å². The lowest BCUT2D eigenvalue weighted by molar-refractivity contribution is -0.121. The summed E-state index contributed by atoms with van der Waals surface area (Å²) in [6.07, 6.45) is 2.58. The standard InChI is InChI=1S/C17H19BrClN3O/c1-2-16(23)20-13-4-3-7-22(10-13)15-6-5-11-8-12(18)9-14(19)17(11)21-15/h5-6,8-9,13H,2-4,7,10H2,1H3,(H,20,23). The van der Waals surface area contributed by atoms with Gasteiger partial charge in [-0.3, -0.25) is 4.79 Å². The van der Waals surface area contributed by atoms with Crippen LogP contribution >= 0.6 is 27.5 Å². The van der Waals surface area contributed by atoms with Crippen molar-refractivity contribution in [3.05, 3.63) is 33.8 Å². The molecule has 4 nitrogen and oxygen atoms in total. The molecule has 1 aromatic carbocycles. The third-order valence-corrected chi connectivity index (χ3v) is 4.87. The van der Waals surface area contributed by atoms with Crippen LogP contribution in [0.3, 0.4) is 0 Å². The fraction of sp³-hybridized carbons (Fsp3) is 0.412. The third kappa shape index (κ3) is 3.78. The van der Waals surface area contributed by atoms with Gasteiger partial charge in [0.1, 0.15) is 5.82 Å². The number of pyridine rings is 1. The number of amides is 1. The highest BCUT2D eigenvalue weighted by Crippen LogP contribution is 2.29. The molecule has 0 bridgehead atoms. The number of fused-ring (bicyclic) bond motifs is 1. The molecule has 0 spiro atoms. The van der Waals surface area contributed by atoms with Crippen LogP contribution in [0.2, 0.25) is 5.02 Å². The molecule has 23 heavy (non-hydrogen) atoms. The van der Waals surface area contributed by atoms with Crippen LogP contribution in [0.5, 0.6) is 0 Å². The summed E-state index contributed by atoms with van der Waals surface area (Å²) < 4.78 is 0.949. The van der Waals surface area contributed by atoms with Gasteiger partial charge in [0.15, 0.2) is 0 Å². The number of rotatable bonds is 3. The van der Waals surface area contributed by atoms with E-state index in [0.717, 1.165) is 47.1 Å². The first kappa shape index (κ1) is 16.5. The molecular formula is C17H19BrClN3O. The number of carbonyl (C=O) groups is 1. The molecule has 1 saturated heterocycles. The predicted octanol–water partition coefficient (Wildman–Crippen LogP) is 4.15. The Labute approximate surface area is 149 Å². The Morgan fingerprint density at radius 2 is 2.30 bits per heavy atom. The van der Waals surface area contributed by atoms with Crippen LogP contribution in [-0.2, 0) is 4.79 Å². The second-order valence-electron chi connectivity index (χ2n) is 5.84. The maximum absolute atomic E-state index is 11.6. The topological polar surface area (TPSA) is 45.2 Å². The molecule has 1 aliphatic rings. The molecule has 2 heterocycles. The van der Waals surface area contributed by atoms with E-state index in [2.05, 4.69) is 26.1 Å². The molecule has 122 valence electrons. The summed E-state index contributed by atoms with van der Waals surface area (Å²) in [5.74, 6) is 1.02. The molecular weight excluding hydrogens is 378 g/mol. The SMILES string of the molecule is CCC(=O)NC1CCCN(c2ccc3cc(Br)cc(Cl)c3n2)C1. The van der Waals surface area contributed by atoms with E-state index in [1.54, 1.807) is 0 Å². The van der Waals surface area contributed by atoms with Gasteiger partial charge in [-0.2, -0.15) is 0 Å². The number of piperidine rings is 1. The van der Waals surface area contributed by atoms with Gasteiger partial charge in [-0.05, 0) is 37.1 Å². The Morgan fingerprint density at radius 3 is 3.09 bits per heavy atom. The minimum Gasteiger partial charge on any atom is -0.355 e. The Balaban J connectivity index is 1.83. The quantitative estimate of drug-likeness (QED) is 0.848. The zero-order valence-corrected chi connectivity index (χ0v) is 15.3. The molecule has 0 radical (unpaired) electrons. The maximum Gasteiger partial charge on any atom is 0.219 e. The van der Waals surface area contributed by atoms with E-state index in [1.165, 1.54) is 0 Å². The Kier molecular flexibility index (Phi) is 5.07. The van der Waals surface area contributed by atoms with Gasteiger partial charge in [0.05, 0.1) is 10.5 Å². The number of benzene rings is 1. The van der Waals surface area contributed by atoms with Crippen molar-refractivity contribution < 1.29 is 4.79 Å². The summed E-state index contributed by atoms with van der Waals surface area (Å²) in [6.45, 7) is 3.62. The van der Waals surface area contributed by atoms with Crippen LogP contribution in [0.25, 0.3) is 10.9 Å². The van der Waals surface area contributed by atoms with Gasteiger partial charge in [-0.15, -0.1) is 0 Å². The van der Waals surface area contributed by atoms with E-state index in [0.29, 0.717) is 11.4 Å². The molecule has 1 atom stereocenters. The van der Waals surface area contributed by atoms with Crippen LogP contribution in [-0.4, -0.2) is 30.0 Å². The smallest absolute Gasteiger partial charge is 0.219 e. The number of hydrogen-bond acceptors (Lipinski definition) is 3. The summed E-state index contributed by atoms with van der Waals surface area (Å²) in [5.41, 5.74) is 0.812. The lowest BCUT2D eigenvalue weighted by Crippen LogP contribution is -2.47. The second-order valence-corrected chi connectivity index (χ2v) is 7.16. The predicted molar refractivity (Wildman–Crippen MR) is 98.1 cm³/mol. The zero-order valence-electron chi connectivity index (χ0n) is 13.0. The highest BCUT2D eigenvalue weighted by Gasteiger charge is 2.22. The summed E-state index contributed by atoms with van der Waals surface area (Å²) in [7, 11) is 0. The van der Waals surface area contributed by atoms with Crippen molar-refractivity contribution in [3.63, 3.8) is 0 Å². The molecule has 1 aromatic heterocycles. The van der Waals surface area contributed by atoms with Crippen molar-refractivity contribution >= 4 is 50.2 Å². The summed E-state index contributed by atoms with van der Waals surface area (Å²) in [6, 6.07) is 8.13. The first-order valence-corrected chi connectivity index (χ1v) is 9.04. The normalized spacial score (nSPS) is 18.2. The number of nitrogens with zero attached hydrogens (tertiary/aromatic N) is 2. The number of nitrogens with one attached hydrogen (secondary N) is 1. The molecule has 0 saturated carbocycles. The van der Waals surface area contributed by atoms with Crippen molar-refractivity contribution in [2.45, 2.75) is 32.2 Å². The molecule has 1 amide bonds. The minimum atomic E-state index is 0.108. The highest BCUT2D eigenvalue weighted by atomic mass is 79.9. The lowest BCUT2D eigenvalue weighted by Gasteiger charge is -2.34. The second kappa shape index (κ2) is 7.05. The van der Waals surface area contributed by atoms with Gasteiger partial charge >= 0.3 is 0 Å². The fourth-order valence-electron chi connectivity index (χ4n) is 2.96. The average molecular weight is 397 g/mol. The van der Waals surface area contributed by atoms with Crippen LogP contribution in [0.4, 0.5) is 5.82 Å². The van der Waals surface area contributed by atoms with E-state index in [-0.39, 0.29) is 11.9 Å². The van der Waals surface area contributed by atoms with Gasteiger partial charge in [0.2, 0.25) is 5.91 Å². The lowest BCUT2D eigenvalue weighted by atomic mass is 10.1. The number of hydrogen-bond donors (Lipinski definition) is 1. The molecule has 0 aliphatic carbocycles. The average Bonchev–Trinajstić information content (AvgIpc) is 2.54.